The van der Waals surface area contributed by atoms with Gasteiger partial charge in [0.2, 0.25) is 0 Å². The Bertz CT molecular complexity index is 6800. The summed E-state index contributed by atoms with van der Waals surface area (Å²) in [6.07, 6.45) is 0. The zero-order valence-corrected chi connectivity index (χ0v) is 60.3. The second-order valence-electron chi connectivity index (χ2n) is 28.0. The van der Waals surface area contributed by atoms with E-state index in [-0.39, 0.29) is 11.1 Å². The lowest BCUT2D eigenvalue weighted by atomic mass is 9.88. The van der Waals surface area contributed by atoms with Crippen molar-refractivity contribution in [1.29, 1.82) is 0 Å². The van der Waals surface area contributed by atoms with Crippen molar-refractivity contribution in [2.45, 2.75) is 20.8 Å². The van der Waals surface area contributed by atoms with Crippen molar-refractivity contribution in [3.05, 3.63) is 374 Å². The van der Waals surface area contributed by atoms with Gasteiger partial charge >= 0.3 is 0 Å². The van der Waals surface area contributed by atoms with Crippen LogP contribution in [0.25, 0.3) is 190 Å². The van der Waals surface area contributed by atoms with Gasteiger partial charge in [-0.15, -0.1) is 0 Å². The fourth-order valence-corrected chi connectivity index (χ4v) is 15.8. The van der Waals surface area contributed by atoms with Crippen molar-refractivity contribution in [3.63, 3.8) is 0 Å². The average Bonchev–Trinajstić information content (AvgIpc) is 1.59. The molecule has 19 aromatic rings. The number of para-hydroxylation sites is 1. The van der Waals surface area contributed by atoms with Crippen LogP contribution in [-0.2, 0) is 0 Å². The zero-order chi connectivity index (χ0) is 75.0. The molecule has 0 aliphatic rings. The fourth-order valence-electron chi connectivity index (χ4n) is 15.8. The van der Waals surface area contributed by atoms with Gasteiger partial charge in [-0.25, -0.2) is 47.5 Å². The highest BCUT2D eigenvalue weighted by Gasteiger charge is 2.27. The van der Waals surface area contributed by atoms with E-state index >= 15 is 17.6 Å². The minimum absolute atomic E-state index is 0.100. The molecule has 0 N–H and O–H groups in total. The molecule has 4 aromatic heterocycles. The normalized spacial score (nSPS) is 11.6. The molecule has 111 heavy (non-hydrogen) atoms. The summed E-state index contributed by atoms with van der Waals surface area (Å²) in [6.45, 7) is 6.44. The van der Waals surface area contributed by atoms with Crippen LogP contribution < -0.4 is 0 Å². The molecule has 0 bridgehead atoms. The van der Waals surface area contributed by atoms with Gasteiger partial charge in [0, 0.05) is 66.1 Å². The first-order valence-electron chi connectivity index (χ1n) is 36.7. The molecular formula is C99H64F4N8. The number of aromatic nitrogens is 8. The molecule has 0 saturated carbocycles. The molecule has 8 nitrogen and oxygen atoms in total. The standard InChI is InChI=1S/C99H64F4N8/c1-59-51-71(66-41-46-78-77-34-18-19-40-85(77)111(90(78)58-66)89-49-44-69(76-37-22-39-84(101)93(76)103)56-82(89)99-108-96(64-29-12-6-13-30-64)105-97(109-99)65-31-14-7-15-32-65)53-72(52-59)74-35-20-24-61(3)91(74)70-45-50-87-80(57-70)79-54-67(73-33-17-16-23-60(73)2)42-47-86(79)110(87)88-48-43-68(75-36-21-38-83(100)92(75)102)55-81(88)98-106-94(62-25-8-4-9-26-62)104-95(107-98)63-27-10-5-11-28-63/h4-58H,1-3H3. The third kappa shape index (κ3) is 12.2. The van der Waals surface area contributed by atoms with Gasteiger partial charge in [-0.1, -0.05) is 255 Å². The van der Waals surface area contributed by atoms with Gasteiger partial charge in [-0.3, -0.25) is 0 Å². The first kappa shape index (κ1) is 67.3. The molecule has 12 heteroatoms. The van der Waals surface area contributed by atoms with Gasteiger partial charge in [0.05, 0.1) is 33.4 Å². The molecule has 0 aliphatic carbocycles. The average molecular weight is 1440 g/mol. The van der Waals surface area contributed by atoms with Gasteiger partial charge in [0.1, 0.15) is 0 Å². The summed E-state index contributed by atoms with van der Waals surface area (Å²) in [5.74, 6) is -1.31. The van der Waals surface area contributed by atoms with E-state index in [0.717, 1.165) is 145 Å². The summed E-state index contributed by atoms with van der Waals surface area (Å²) in [5, 5.41) is 4.01. The Morgan fingerprint density at radius 1 is 0.216 bits per heavy atom. The SMILES string of the molecule is Cc1cc(-c2ccc3c4ccccc4n(-c4ccc(-c5cccc(F)c5F)cc4-c4nc(-c5ccccc5)nc(-c5ccccc5)n4)c3c2)cc(-c2cccc(C)c2-c2ccc3c(c2)c2cc(-c4ccccc4C)ccc2n3-c2ccc(-c3cccc(F)c3F)cc2-c2nc(-c3ccccc3)nc(-c3ccccc3)n2)c1. The number of fused-ring (bicyclic) bond motifs is 6. The van der Waals surface area contributed by atoms with Crippen LogP contribution in [0.15, 0.2) is 334 Å². The largest absolute Gasteiger partial charge is 0.308 e. The highest BCUT2D eigenvalue weighted by molar-refractivity contribution is 6.14. The zero-order valence-electron chi connectivity index (χ0n) is 60.3. The predicted molar refractivity (Wildman–Crippen MR) is 441 cm³/mol. The summed E-state index contributed by atoms with van der Waals surface area (Å²) >= 11 is 0. The Labute approximate surface area is 637 Å². The number of hydrogen-bond donors (Lipinski definition) is 0. The third-order valence-electron chi connectivity index (χ3n) is 21.1. The van der Waals surface area contributed by atoms with Crippen LogP contribution in [0.3, 0.4) is 0 Å². The molecule has 0 atom stereocenters. The lowest BCUT2D eigenvalue weighted by molar-refractivity contribution is 0.511. The Hall–Kier alpha value is -14.4. The topological polar surface area (TPSA) is 87.2 Å². The quantitative estimate of drug-likeness (QED) is 0.101. The van der Waals surface area contributed by atoms with Crippen LogP contribution in [0.1, 0.15) is 16.7 Å². The molecule has 0 spiro atoms. The Balaban J connectivity index is 0.784. The molecule has 0 amide bonds. The molecule has 0 fully saturated rings. The van der Waals surface area contributed by atoms with Gasteiger partial charge in [-0.05, 0) is 172 Å². The van der Waals surface area contributed by atoms with Gasteiger partial charge in [-0.2, -0.15) is 0 Å². The summed E-state index contributed by atoms with van der Waals surface area (Å²) in [7, 11) is 0. The molecular weight excluding hydrogens is 1380 g/mol. The van der Waals surface area contributed by atoms with E-state index in [1.54, 1.807) is 12.1 Å². The predicted octanol–water partition coefficient (Wildman–Crippen LogP) is 25.7. The maximum absolute atomic E-state index is 16.2. The van der Waals surface area contributed by atoms with Crippen LogP contribution in [0, 0.1) is 44.0 Å². The Kier molecular flexibility index (Phi) is 16.8. The van der Waals surface area contributed by atoms with E-state index in [4.69, 9.17) is 29.9 Å². The van der Waals surface area contributed by atoms with Crippen LogP contribution >= 0.6 is 0 Å². The number of aryl methyl sites for hydroxylation is 3. The van der Waals surface area contributed by atoms with Crippen LogP contribution in [0.4, 0.5) is 17.6 Å². The number of benzene rings is 15. The third-order valence-corrected chi connectivity index (χ3v) is 21.1. The number of nitrogens with zero attached hydrogens (tertiary/aromatic N) is 8. The monoisotopic (exact) mass is 1440 g/mol. The molecule has 19 rings (SSSR count). The number of rotatable bonds is 14. The minimum atomic E-state index is -0.956. The van der Waals surface area contributed by atoms with E-state index in [1.807, 2.05) is 170 Å². The maximum Gasteiger partial charge on any atom is 0.166 e. The van der Waals surface area contributed by atoms with E-state index in [0.29, 0.717) is 62.9 Å². The van der Waals surface area contributed by atoms with Crippen molar-refractivity contribution in [2.75, 3.05) is 0 Å². The Morgan fingerprint density at radius 3 is 1.14 bits per heavy atom. The first-order chi connectivity index (χ1) is 54.4. The lowest BCUT2D eigenvalue weighted by Gasteiger charge is -2.18. The molecule has 4 heterocycles. The smallest absolute Gasteiger partial charge is 0.166 e. The second-order valence-corrected chi connectivity index (χ2v) is 28.0. The van der Waals surface area contributed by atoms with E-state index < -0.39 is 23.3 Å². The van der Waals surface area contributed by atoms with E-state index in [1.165, 1.54) is 12.1 Å². The summed E-state index contributed by atoms with van der Waals surface area (Å²) in [5.41, 5.74) is 22.0. The fraction of sp³-hybridized carbons (Fsp3) is 0.0303. The molecule has 15 aromatic carbocycles. The van der Waals surface area contributed by atoms with E-state index in [2.05, 4.69) is 157 Å². The first-order valence-corrected chi connectivity index (χ1v) is 36.7. The highest BCUT2D eigenvalue weighted by Crippen LogP contribution is 2.46. The molecule has 0 aliphatic heterocycles. The molecule has 0 radical (unpaired) electrons. The van der Waals surface area contributed by atoms with Crippen LogP contribution in [0.5, 0.6) is 0 Å². The molecule has 528 valence electrons. The molecule has 0 unspecified atom stereocenters. The molecule has 0 saturated heterocycles. The second kappa shape index (κ2) is 27.8. The van der Waals surface area contributed by atoms with Gasteiger partial charge in [0.15, 0.2) is 58.2 Å². The van der Waals surface area contributed by atoms with Crippen molar-refractivity contribution in [3.8, 4) is 146 Å². The summed E-state index contributed by atoms with van der Waals surface area (Å²) in [4.78, 5) is 31.1. The Morgan fingerprint density at radius 2 is 0.604 bits per heavy atom. The van der Waals surface area contributed by atoms with Crippen molar-refractivity contribution >= 4 is 43.6 Å². The van der Waals surface area contributed by atoms with Gasteiger partial charge in [0.25, 0.3) is 0 Å². The summed E-state index contributed by atoms with van der Waals surface area (Å²) in [6, 6.07) is 109. The number of halogens is 4. The van der Waals surface area contributed by atoms with E-state index in [9.17, 15) is 0 Å². The highest BCUT2D eigenvalue weighted by atomic mass is 19.2. The van der Waals surface area contributed by atoms with Crippen molar-refractivity contribution in [1.82, 2.24) is 39.0 Å². The van der Waals surface area contributed by atoms with Gasteiger partial charge < -0.3 is 9.13 Å². The lowest BCUT2D eigenvalue weighted by Crippen LogP contribution is -2.04. The maximum atomic E-state index is 16.2. The minimum Gasteiger partial charge on any atom is -0.308 e. The summed E-state index contributed by atoms with van der Waals surface area (Å²) < 4.78 is 67.3. The van der Waals surface area contributed by atoms with Crippen molar-refractivity contribution in [2.24, 2.45) is 0 Å². The van der Waals surface area contributed by atoms with Crippen LogP contribution in [0.2, 0.25) is 0 Å². The number of hydrogen-bond acceptors (Lipinski definition) is 6. The van der Waals surface area contributed by atoms with Crippen molar-refractivity contribution < 1.29 is 17.6 Å². The van der Waals surface area contributed by atoms with Crippen LogP contribution in [-0.4, -0.2) is 39.0 Å².